The predicted molar refractivity (Wildman–Crippen MR) is 107 cm³/mol. The number of hydrogen-bond acceptors (Lipinski definition) is 5. The largest absolute Gasteiger partial charge is 0.507 e. The molecule has 1 unspecified atom stereocenters. The van der Waals surface area contributed by atoms with Gasteiger partial charge in [-0.1, -0.05) is 25.3 Å². The Morgan fingerprint density at radius 1 is 1.15 bits per heavy atom. The summed E-state index contributed by atoms with van der Waals surface area (Å²) in [6, 6.07) is 5.86. The van der Waals surface area contributed by atoms with Crippen LogP contribution in [0.25, 0.3) is 11.3 Å². The standard InChI is InChI=1S/C21H28N4O2/c22-20-21(27)25(16-7-4-10-23-12-16)13-18(24-20)17-11-15(8-9-19(17)26)14-5-2-1-3-6-14/h8-9,11,13-14,16,23,26H,1-7,10,12H2,(H2,22,24). The molecule has 1 aromatic heterocycles. The third-order valence-corrected chi connectivity index (χ3v) is 5.99. The molecule has 4 N–H and O–H groups in total. The number of benzene rings is 1. The lowest BCUT2D eigenvalue weighted by Gasteiger charge is -2.25. The number of nitrogens with zero attached hydrogens (tertiary/aromatic N) is 2. The third-order valence-electron chi connectivity index (χ3n) is 5.99. The van der Waals surface area contributed by atoms with Crippen molar-refractivity contribution in [2.45, 2.75) is 56.9 Å². The number of nitrogens with two attached hydrogens (primary N) is 1. The molecule has 2 heterocycles. The Balaban J connectivity index is 1.74. The van der Waals surface area contributed by atoms with Crippen LogP contribution in [0.5, 0.6) is 5.75 Å². The first-order chi connectivity index (χ1) is 13.1. The lowest BCUT2D eigenvalue weighted by molar-refractivity contribution is 0.364. The number of phenols is 1. The lowest BCUT2D eigenvalue weighted by Crippen LogP contribution is -2.37. The van der Waals surface area contributed by atoms with E-state index in [1.165, 1.54) is 37.7 Å². The Bertz CT molecular complexity index is 865. The molecule has 6 heteroatoms. The highest BCUT2D eigenvalue weighted by Gasteiger charge is 2.21. The molecule has 144 valence electrons. The minimum atomic E-state index is -0.254. The molecule has 2 fully saturated rings. The van der Waals surface area contributed by atoms with E-state index in [1.807, 2.05) is 12.1 Å². The maximum Gasteiger partial charge on any atom is 0.293 e. The van der Waals surface area contributed by atoms with Crippen molar-refractivity contribution in [1.29, 1.82) is 0 Å². The van der Waals surface area contributed by atoms with Crippen molar-refractivity contribution >= 4 is 5.82 Å². The molecule has 1 aliphatic carbocycles. The van der Waals surface area contributed by atoms with Crippen molar-refractivity contribution in [2.75, 3.05) is 18.8 Å². The van der Waals surface area contributed by atoms with E-state index in [9.17, 15) is 9.90 Å². The van der Waals surface area contributed by atoms with Gasteiger partial charge in [0.25, 0.3) is 5.56 Å². The lowest BCUT2D eigenvalue weighted by atomic mass is 9.83. The van der Waals surface area contributed by atoms with Gasteiger partial charge in [0.1, 0.15) is 5.75 Å². The third kappa shape index (κ3) is 3.72. The molecular formula is C21H28N4O2. The van der Waals surface area contributed by atoms with Gasteiger partial charge >= 0.3 is 0 Å². The summed E-state index contributed by atoms with van der Waals surface area (Å²) in [5, 5.41) is 13.8. The van der Waals surface area contributed by atoms with Crippen LogP contribution in [0.3, 0.4) is 0 Å². The molecule has 2 aromatic rings. The van der Waals surface area contributed by atoms with Crippen LogP contribution >= 0.6 is 0 Å². The topological polar surface area (TPSA) is 93.2 Å². The van der Waals surface area contributed by atoms with Gasteiger partial charge in [-0.2, -0.15) is 0 Å². The second-order valence-corrected chi connectivity index (χ2v) is 7.84. The van der Waals surface area contributed by atoms with Crippen molar-refractivity contribution < 1.29 is 5.11 Å². The van der Waals surface area contributed by atoms with Crippen LogP contribution in [-0.4, -0.2) is 27.7 Å². The normalized spacial score (nSPS) is 21.3. The Hall–Kier alpha value is -2.34. The number of aromatic nitrogens is 2. The number of hydrogen-bond donors (Lipinski definition) is 3. The molecule has 2 aliphatic rings. The maximum atomic E-state index is 12.5. The average Bonchev–Trinajstić information content (AvgIpc) is 2.72. The van der Waals surface area contributed by atoms with Gasteiger partial charge in [-0.25, -0.2) is 4.98 Å². The molecule has 0 bridgehead atoms. The molecule has 0 spiro atoms. The summed E-state index contributed by atoms with van der Waals surface area (Å²) in [4.78, 5) is 16.8. The smallest absolute Gasteiger partial charge is 0.293 e. The zero-order chi connectivity index (χ0) is 18.8. The summed E-state index contributed by atoms with van der Waals surface area (Å²) in [5.74, 6) is 0.692. The van der Waals surface area contributed by atoms with E-state index in [1.54, 1.807) is 16.8 Å². The molecule has 0 amide bonds. The van der Waals surface area contributed by atoms with Crippen molar-refractivity contribution in [1.82, 2.24) is 14.9 Å². The number of phenolic OH excluding ortho intramolecular Hbond substituents is 1. The molecular weight excluding hydrogens is 340 g/mol. The molecule has 6 nitrogen and oxygen atoms in total. The van der Waals surface area contributed by atoms with Crippen LogP contribution in [0.15, 0.2) is 29.2 Å². The summed E-state index contributed by atoms with van der Waals surface area (Å²) in [6.45, 7) is 1.72. The number of piperidine rings is 1. The molecule has 1 aliphatic heterocycles. The SMILES string of the molecule is Nc1nc(-c2cc(C3CCCCC3)ccc2O)cn(C2CCCNC2)c1=O. The van der Waals surface area contributed by atoms with Gasteiger partial charge in [0.15, 0.2) is 5.82 Å². The second kappa shape index (κ2) is 7.72. The average molecular weight is 368 g/mol. The van der Waals surface area contributed by atoms with Crippen molar-refractivity contribution in [2.24, 2.45) is 0 Å². The summed E-state index contributed by atoms with van der Waals surface area (Å²) < 4.78 is 1.69. The van der Waals surface area contributed by atoms with Crippen LogP contribution in [-0.2, 0) is 0 Å². The van der Waals surface area contributed by atoms with E-state index in [2.05, 4.69) is 10.3 Å². The zero-order valence-corrected chi connectivity index (χ0v) is 15.7. The number of nitrogen functional groups attached to an aromatic ring is 1. The molecule has 1 atom stereocenters. The number of nitrogens with one attached hydrogen (secondary N) is 1. The van der Waals surface area contributed by atoms with Gasteiger partial charge in [0.05, 0.1) is 5.69 Å². The van der Waals surface area contributed by atoms with Crippen LogP contribution in [0.4, 0.5) is 5.82 Å². The maximum absolute atomic E-state index is 12.5. The monoisotopic (exact) mass is 368 g/mol. The van der Waals surface area contributed by atoms with E-state index in [4.69, 9.17) is 5.73 Å². The molecule has 1 saturated heterocycles. The highest BCUT2D eigenvalue weighted by Crippen LogP contribution is 2.37. The zero-order valence-electron chi connectivity index (χ0n) is 15.7. The summed E-state index contributed by atoms with van der Waals surface area (Å²) >= 11 is 0. The van der Waals surface area contributed by atoms with E-state index in [0.717, 1.165) is 25.9 Å². The first-order valence-electron chi connectivity index (χ1n) is 10.1. The number of aromatic hydroxyl groups is 1. The molecule has 27 heavy (non-hydrogen) atoms. The van der Waals surface area contributed by atoms with E-state index in [0.29, 0.717) is 17.2 Å². The number of anilines is 1. The minimum absolute atomic E-state index is 0.0134. The minimum Gasteiger partial charge on any atom is -0.507 e. The van der Waals surface area contributed by atoms with Crippen molar-refractivity contribution in [3.63, 3.8) is 0 Å². The first-order valence-corrected chi connectivity index (χ1v) is 10.1. The Kier molecular flexibility index (Phi) is 5.16. The van der Waals surface area contributed by atoms with Gasteiger partial charge < -0.3 is 20.7 Å². The van der Waals surface area contributed by atoms with E-state index < -0.39 is 0 Å². The van der Waals surface area contributed by atoms with E-state index in [-0.39, 0.29) is 23.2 Å². The Labute approximate surface area is 159 Å². The Morgan fingerprint density at radius 3 is 2.70 bits per heavy atom. The summed E-state index contributed by atoms with van der Waals surface area (Å²) in [6.07, 6.45) is 9.91. The highest BCUT2D eigenvalue weighted by molar-refractivity contribution is 5.68. The Morgan fingerprint density at radius 2 is 1.96 bits per heavy atom. The number of rotatable bonds is 3. The fourth-order valence-corrected chi connectivity index (χ4v) is 4.45. The molecule has 4 rings (SSSR count). The van der Waals surface area contributed by atoms with Gasteiger partial charge in [0.2, 0.25) is 0 Å². The summed E-state index contributed by atoms with van der Waals surface area (Å²) in [7, 11) is 0. The quantitative estimate of drug-likeness (QED) is 0.774. The van der Waals surface area contributed by atoms with E-state index >= 15 is 0 Å². The van der Waals surface area contributed by atoms with Crippen molar-refractivity contribution in [3.8, 4) is 17.0 Å². The molecule has 0 radical (unpaired) electrons. The van der Waals surface area contributed by atoms with Gasteiger partial charge in [-0.3, -0.25) is 4.79 Å². The summed E-state index contributed by atoms with van der Waals surface area (Å²) in [5.41, 5.74) is 8.15. The molecule has 1 saturated carbocycles. The second-order valence-electron chi connectivity index (χ2n) is 7.84. The van der Waals surface area contributed by atoms with Crippen LogP contribution in [0.1, 0.15) is 62.5 Å². The van der Waals surface area contributed by atoms with Crippen molar-refractivity contribution in [3.05, 3.63) is 40.3 Å². The molecule has 1 aromatic carbocycles. The van der Waals surface area contributed by atoms with Crippen LogP contribution in [0, 0.1) is 0 Å². The fraction of sp³-hybridized carbons (Fsp3) is 0.524. The van der Waals surface area contributed by atoms with Crippen LogP contribution < -0.4 is 16.6 Å². The van der Waals surface area contributed by atoms with Gasteiger partial charge in [-0.05, 0) is 55.8 Å². The van der Waals surface area contributed by atoms with Gasteiger partial charge in [-0.15, -0.1) is 0 Å². The predicted octanol–water partition coefficient (Wildman–Crippen LogP) is 3.17. The van der Waals surface area contributed by atoms with Gasteiger partial charge in [0, 0.05) is 24.3 Å². The first kappa shape index (κ1) is 18.0. The fourth-order valence-electron chi connectivity index (χ4n) is 4.45. The van der Waals surface area contributed by atoms with Crippen LogP contribution in [0.2, 0.25) is 0 Å². The highest BCUT2D eigenvalue weighted by atomic mass is 16.3.